The maximum absolute atomic E-state index is 13.1. The molecule has 3 rings (SSSR count). The molecular formula is C23H30N4O3. The Kier molecular flexibility index (Phi) is 6.45. The third kappa shape index (κ3) is 4.18. The molecule has 1 aliphatic heterocycles. The van der Waals surface area contributed by atoms with Crippen LogP contribution in [0, 0.1) is 31.1 Å². The minimum absolute atomic E-state index is 0.168. The second-order valence-corrected chi connectivity index (χ2v) is 8.48. The number of carbonyl (C=O) groups excluding carboxylic acids is 3. The van der Waals surface area contributed by atoms with Gasteiger partial charge in [0.05, 0.1) is 12.5 Å². The molecule has 0 radical (unpaired) electrons. The van der Waals surface area contributed by atoms with Crippen LogP contribution in [0.5, 0.6) is 0 Å². The zero-order chi connectivity index (χ0) is 21.9. The number of anilines is 1. The molecule has 7 heteroatoms. The van der Waals surface area contributed by atoms with E-state index in [-0.39, 0.29) is 31.3 Å². The van der Waals surface area contributed by atoms with Gasteiger partial charge >= 0.3 is 6.03 Å². The Morgan fingerprint density at radius 3 is 2.57 bits per heavy atom. The highest BCUT2D eigenvalue weighted by atomic mass is 16.2. The molecule has 1 spiro atoms. The third-order valence-electron chi connectivity index (χ3n) is 6.63. The fourth-order valence-electron chi connectivity index (χ4n) is 4.41. The molecule has 1 aliphatic carbocycles. The molecule has 1 aromatic rings. The molecule has 2 aliphatic rings. The van der Waals surface area contributed by atoms with Crippen molar-refractivity contribution in [2.75, 3.05) is 18.0 Å². The van der Waals surface area contributed by atoms with Crippen LogP contribution in [-0.2, 0) is 9.59 Å². The number of aryl methyl sites for hydroxylation is 2. The molecule has 0 bridgehead atoms. The SMILES string of the molecule is CCC1CCC2(CC1)NC(=O)N(CC(=O)N(CCC#N)c1ccc(C)c(C)c1)C2=O. The lowest BCUT2D eigenvalue weighted by atomic mass is 9.75. The first kappa shape index (κ1) is 21.8. The standard InChI is InChI=1S/C23H30N4O3/c1-4-18-8-10-23(11-9-18)21(29)27(22(30)25-23)15-20(28)26(13-5-12-24)19-7-6-16(2)17(3)14-19/h6-7,14,18H,4-5,8-11,13,15H2,1-3H3,(H,25,30). The molecule has 1 N–H and O–H groups in total. The van der Waals surface area contributed by atoms with Crippen LogP contribution in [0.4, 0.5) is 10.5 Å². The molecule has 7 nitrogen and oxygen atoms in total. The lowest BCUT2D eigenvalue weighted by Gasteiger charge is -2.34. The second kappa shape index (κ2) is 8.86. The van der Waals surface area contributed by atoms with Gasteiger partial charge in [0.1, 0.15) is 12.1 Å². The fourth-order valence-corrected chi connectivity index (χ4v) is 4.41. The summed E-state index contributed by atoms with van der Waals surface area (Å²) in [5.41, 5.74) is 1.94. The number of amides is 4. The van der Waals surface area contributed by atoms with E-state index in [0.29, 0.717) is 24.4 Å². The quantitative estimate of drug-likeness (QED) is 0.727. The molecule has 0 unspecified atom stereocenters. The van der Waals surface area contributed by atoms with Crippen LogP contribution in [0.1, 0.15) is 56.6 Å². The largest absolute Gasteiger partial charge is 0.325 e. The Hall–Kier alpha value is -2.88. The number of nitriles is 1. The van der Waals surface area contributed by atoms with E-state index in [0.717, 1.165) is 35.3 Å². The topological polar surface area (TPSA) is 93.5 Å². The van der Waals surface area contributed by atoms with Crippen LogP contribution in [-0.4, -0.2) is 41.4 Å². The Morgan fingerprint density at radius 1 is 1.27 bits per heavy atom. The summed E-state index contributed by atoms with van der Waals surface area (Å²) < 4.78 is 0. The van der Waals surface area contributed by atoms with Gasteiger partial charge in [0.15, 0.2) is 0 Å². The van der Waals surface area contributed by atoms with Crippen molar-refractivity contribution in [2.45, 2.75) is 64.8 Å². The van der Waals surface area contributed by atoms with Crippen LogP contribution in [0.2, 0.25) is 0 Å². The maximum atomic E-state index is 13.1. The van der Waals surface area contributed by atoms with Crippen LogP contribution in [0.25, 0.3) is 0 Å². The van der Waals surface area contributed by atoms with E-state index in [9.17, 15) is 14.4 Å². The fraction of sp³-hybridized carbons (Fsp3) is 0.565. The number of carbonyl (C=O) groups is 3. The molecular weight excluding hydrogens is 380 g/mol. The highest BCUT2D eigenvalue weighted by molar-refractivity contribution is 6.10. The second-order valence-electron chi connectivity index (χ2n) is 8.48. The number of rotatable bonds is 6. The highest BCUT2D eigenvalue weighted by Gasteiger charge is 2.52. The van der Waals surface area contributed by atoms with Gasteiger partial charge in [-0.3, -0.25) is 14.5 Å². The Bertz CT molecular complexity index is 881. The first-order valence-electron chi connectivity index (χ1n) is 10.7. The summed E-state index contributed by atoms with van der Waals surface area (Å²) in [6, 6.07) is 7.21. The Balaban J connectivity index is 1.76. The highest BCUT2D eigenvalue weighted by Crippen LogP contribution is 2.37. The number of hydrogen-bond donors (Lipinski definition) is 1. The summed E-state index contributed by atoms with van der Waals surface area (Å²) in [6.45, 7) is 5.98. The van der Waals surface area contributed by atoms with Gasteiger partial charge in [-0.05, 0) is 68.7 Å². The number of urea groups is 1. The van der Waals surface area contributed by atoms with Gasteiger partial charge in [-0.25, -0.2) is 4.79 Å². The minimum Gasteiger partial charge on any atom is -0.323 e. The van der Waals surface area contributed by atoms with Gasteiger partial charge in [-0.15, -0.1) is 0 Å². The zero-order valence-electron chi connectivity index (χ0n) is 18.0. The van der Waals surface area contributed by atoms with Gasteiger partial charge in [-0.2, -0.15) is 5.26 Å². The van der Waals surface area contributed by atoms with E-state index < -0.39 is 11.6 Å². The number of nitrogens with one attached hydrogen (secondary N) is 1. The summed E-state index contributed by atoms with van der Waals surface area (Å²) in [5, 5.41) is 11.9. The van der Waals surface area contributed by atoms with Crippen molar-refractivity contribution in [3.05, 3.63) is 29.3 Å². The molecule has 1 saturated heterocycles. The Morgan fingerprint density at radius 2 is 1.97 bits per heavy atom. The molecule has 160 valence electrons. The van der Waals surface area contributed by atoms with E-state index in [4.69, 9.17) is 5.26 Å². The average molecular weight is 411 g/mol. The van der Waals surface area contributed by atoms with E-state index in [1.165, 1.54) is 4.90 Å². The van der Waals surface area contributed by atoms with Gasteiger partial charge in [0, 0.05) is 12.2 Å². The maximum Gasteiger partial charge on any atom is 0.325 e. The van der Waals surface area contributed by atoms with Gasteiger partial charge < -0.3 is 10.2 Å². The van der Waals surface area contributed by atoms with Crippen molar-refractivity contribution in [3.63, 3.8) is 0 Å². The summed E-state index contributed by atoms with van der Waals surface area (Å²) in [5.74, 6) is -0.0747. The number of imide groups is 1. The molecule has 4 amide bonds. The third-order valence-corrected chi connectivity index (χ3v) is 6.63. The van der Waals surface area contributed by atoms with Crippen LogP contribution in [0.3, 0.4) is 0 Å². The smallest absolute Gasteiger partial charge is 0.323 e. The van der Waals surface area contributed by atoms with Crippen LogP contribution < -0.4 is 10.2 Å². The predicted molar refractivity (Wildman–Crippen MR) is 114 cm³/mol. The molecule has 0 atom stereocenters. The minimum atomic E-state index is -0.860. The van der Waals surface area contributed by atoms with Crippen molar-refractivity contribution in [2.24, 2.45) is 5.92 Å². The predicted octanol–water partition coefficient (Wildman–Crippen LogP) is 3.44. The van der Waals surface area contributed by atoms with Crippen molar-refractivity contribution in [1.82, 2.24) is 10.2 Å². The first-order valence-corrected chi connectivity index (χ1v) is 10.7. The molecule has 1 saturated carbocycles. The first-order chi connectivity index (χ1) is 14.3. The van der Waals surface area contributed by atoms with Crippen molar-refractivity contribution >= 4 is 23.5 Å². The molecule has 2 fully saturated rings. The lowest BCUT2D eigenvalue weighted by molar-refractivity contribution is -0.135. The normalized spacial score (nSPS) is 23.4. The summed E-state index contributed by atoms with van der Waals surface area (Å²) in [7, 11) is 0. The number of hydrogen-bond acceptors (Lipinski definition) is 4. The van der Waals surface area contributed by atoms with Gasteiger partial charge in [0.25, 0.3) is 5.91 Å². The number of nitrogens with zero attached hydrogens (tertiary/aromatic N) is 3. The lowest BCUT2D eigenvalue weighted by Crippen LogP contribution is -2.50. The van der Waals surface area contributed by atoms with Gasteiger partial charge in [-0.1, -0.05) is 19.4 Å². The molecule has 1 heterocycles. The summed E-state index contributed by atoms with van der Waals surface area (Å²) >= 11 is 0. The van der Waals surface area contributed by atoms with E-state index in [2.05, 4.69) is 18.3 Å². The van der Waals surface area contributed by atoms with E-state index >= 15 is 0 Å². The molecule has 30 heavy (non-hydrogen) atoms. The molecule has 0 aromatic heterocycles. The van der Waals surface area contributed by atoms with Crippen LogP contribution >= 0.6 is 0 Å². The zero-order valence-corrected chi connectivity index (χ0v) is 18.0. The van der Waals surface area contributed by atoms with Gasteiger partial charge in [0.2, 0.25) is 5.91 Å². The summed E-state index contributed by atoms with van der Waals surface area (Å²) in [6.07, 6.45) is 4.29. The van der Waals surface area contributed by atoms with E-state index in [1.807, 2.05) is 32.0 Å². The summed E-state index contributed by atoms with van der Waals surface area (Å²) in [4.78, 5) is 41.4. The van der Waals surface area contributed by atoms with Crippen molar-refractivity contribution < 1.29 is 14.4 Å². The number of benzene rings is 1. The molecule has 1 aromatic carbocycles. The van der Waals surface area contributed by atoms with E-state index in [1.54, 1.807) is 0 Å². The van der Waals surface area contributed by atoms with Crippen molar-refractivity contribution in [1.29, 1.82) is 5.26 Å². The van der Waals surface area contributed by atoms with Crippen molar-refractivity contribution in [3.8, 4) is 6.07 Å². The average Bonchev–Trinajstić information content (AvgIpc) is 2.95. The monoisotopic (exact) mass is 410 g/mol. The Labute approximate surface area is 178 Å². The van der Waals surface area contributed by atoms with Crippen LogP contribution in [0.15, 0.2) is 18.2 Å².